The van der Waals surface area contributed by atoms with Crippen LogP contribution in [0.25, 0.3) is 22.1 Å². The molecule has 4 aromatic rings. The second-order valence-corrected chi connectivity index (χ2v) is 8.47. The highest BCUT2D eigenvalue weighted by atomic mass is 32.1. The Balaban J connectivity index is 1.23. The molecular weight excluding hydrogens is 412 g/mol. The minimum Gasteiger partial charge on any atom is -0.339 e. The van der Waals surface area contributed by atoms with Crippen molar-refractivity contribution in [3.63, 3.8) is 0 Å². The van der Waals surface area contributed by atoms with Gasteiger partial charge in [0.15, 0.2) is 5.82 Å². The number of nitrogens with zero attached hydrogens (tertiary/aromatic N) is 5. The lowest BCUT2D eigenvalue weighted by Crippen LogP contribution is -2.12. The minimum atomic E-state index is -0.104. The molecule has 0 radical (unpaired) electrons. The van der Waals surface area contributed by atoms with Crippen LogP contribution < -0.4 is 5.32 Å². The van der Waals surface area contributed by atoms with Crippen molar-refractivity contribution in [2.75, 3.05) is 5.32 Å². The number of benzene rings is 1. The van der Waals surface area contributed by atoms with E-state index in [0.29, 0.717) is 18.1 Å². The number of carbonyl (C=O) groups is 1. The van der Waals surface area contributed by atoms with Gasteiger partial charge < -0.3 is 14.4 Å². The third kappa shape index (κ3) is 4.41. The summed E-state index contributed by atoms with van der Waals surface area (Å²) in [4.78, 5) is 17.8. The number of carbonyl (C=O) groups excluding carboxylic acids is 1. The lowest BCUT2D eigenvalue weighted by molar-refractivity contribution is -0.116. The average molecular weight is 435 g/mol. The third-order valence-corrected chi connectivity index (χ3v) is 6.16. The van der Waals surface area contributed by atoms with Crippen molar-refractivity contribution < 1.29 is 9.32 Å². The molecule has 4 heterocycles. The van der Waals surface area contributed by atoms with E-state index in [9.17, 15) is 4.79 Å². The van der Waals surface area contributed by atoms with E-state index >= 15 is 0 Å². The van der Waals surface area contributed by atoms with Crippen LogP contribution in [0.15, 0.2) is 46.3 Å². The van der Waals surface area contributed by atoms with E-state index in [1.807, 2.05) is 41.8 Å². The summed E-state index contributed by atoms with van der Waals surface area (Å²) in [6.45, 7) is 0.936. The van der Waals surface area contributed by atoms with Crippen LogP contribution in [0.5, 0.6) is 0 Å². The summed E-state index contributed by atoms with van der Waals surface area (Å²) in [6, 6.07) is 11.6. The molecule has 1 N–H and O–H groups in total. The van der Waals surface area contributed by atoms with Crippen LogP contribution in [0, 0.1) is 0 Å². The number of aryl methyl sites for hydroxylation is 2. The Bertz CT molecular complexity index is 1180. The van der Waals surface area contributed by atoms with Gasteiger partial charge in [0.05, 0.1) is 4.88 Å². The van der Waals surface area contributed by atoms with Crippen molar-refractivity contribution in [1.29, 1.82) is 0 Å². The number of rotatable bonds is 6. The maximum atomic E-state index is 12.5. The Labute approximate surface area is 183 Å². The molecule has 158 valence electrons. The van der Waals surface area contributed by atoms with Crippen LogP contribution in [0.3, 0.4) is 0 Å². The van der Waals surface area contributed by atoms with Gasteiger partial charge in [-0.05, 0) is 36.4 Å². The molecule has 1 aromatic carbocycles. The van der Waals surface area contributed by atoms with Crippen LogP contribution in [-0.4, -0.2) is 30.8 Å². The Kier molecular flexibility index (Phi) is 5.57. The Morgan fingerprint density at radius 3 is 3.03 bits per heavy atom. The molecule has 1 aliphatic heterocycles. The molecular formula is C22H22N6O2S. The number of amides is 1. The summed E-state index contributed by atoms with van der Waals surface area (Å²) in [5.74, 6) is 2.82. The first-order chi connectivity index (χ1) is 15.3. The number of nitrogens with one attached hydrogen (secondary N) is 1. The lowest BCUT2D eigenvalue weighted by Gasteiger charge is -2.09. The minimum absolute atomic E-state index is 0.104. The zero-order valence-electron chi connectivity index (χ0n) is 17.0. The average Bonchev–Trinajstić information content (AvgIpc) is 3.51. The molecule has 0 aliphatic carbocycles. The molecule has 0 bridgehead atoms. The van der Waals surface area contributed by atoms with E-state index in [1.165, 1.54) is 6.42 Å². The van der Waals surface area contributed by atoms with Crippen LogP contribution >= 0.6 is 11.3 Å². The zero-order chi connectivity index (χ0) is 21.0. The van der Waals surface area contributed by atoms with Crippen molar-refractivity contribution in [1.82, 2.24) is 24.9 Å². The smallest absolute Gasteiger partial charge is 0.227 e. The van der Waals surface area contributed by atoms with E-state index in [-0.39, 0.29) is 12.3 Å². The predicted octanol–water partition coefficient (Wildman–Crippen LogP) is 4.35. The van der Waals surface area contributed by atoms with Gasteiger partial charge in [-0.2, -0.15) is 4.98 Å². The van der Waals surface area contributed by atoms with Gasteiger partial charge in [0, 0.05) is 37.1 Å². The van der Waals surface area contributed by atoms with E-state index in [2.05, 4.69) is 30.2 Å². The Morgan fingerprint density at radius 1 is 1.16 bits per heavy atom. The number of aromatic nitrogens is 5. The fraction of sp³-hybridized carbons (Fsp3) is 0.318. The van der Waals surface area contributed by atoms with Crippen LogP contribution in [0.4, 0.5) is 5.69 Å². The Morgan fingerprint density at radius 2 is 2.13 bits per heavy atom. The molecule has 5 rings (SSSR count). The van der Waals surface area contributed by atoms with Crippen molar-refractivity contribution in [2.45, 2.75) is 45.1 Å². The molecule has 1 aliphatic rings. The van der Waals surface area contributed by atoms with Crippen molar-refractivity contribution in [2.24, 2.45) is 0 Å². The van der Waals surface area contributed by atoms with Crippen LogP contribution in [0.2, 0.25) is 0 Å². The lowest BCUT2D eigenvalue weighted by atomic mass is 10.1. The van der Waals surface area contributed by atoms with Crippen molar-refractivity contribution in [3.8, 4) is 22.1 Å². The summed E-state index contributed by atoms with van der Waals surface area (Å²) in [5.41, 5.74) is 1.69. The van der Waals surface area contributed by atoms with Gasteiger partial charge in [-0.3, -0.25) is 4.79 Å². The Hall–Kier alpha value is -3.33. The summed E-state index contributed by atoms with van der Waals surface area (Å²) >= 11 is 1.55. The first kappa shape index (κ1) is 19.6. The van der Waals surface area contributed by atoms with Gasteiger partial charge in [0.25, 0.3) is 0 Å². The normalized spacial score (nSPS) is 13.5. The number of hydrogen-bond donors (Lipinski definition) is 1. The fourth-order valence-electron chi connectivity index (χ4n) is 3.74. The van der Waals surface area contributed by atoms with Crippen LogP contribution in [-0.2, 0) is 24.2 Å². The number of anilines is 1. The molecule has 0 fully saturated rings. The first-order valence-electron chi connectivity index (χ1n) is 10.4. The molecule has 0 saturated heterocycles. The van der Waals surface area contributed by atoms with E-state index in [0.717, 1.165) is 53.6 Å². The second kappa shape index (κ2) is 8.81. The van der Waals surface area contributed by atoms with E-state index in [4.69, 9.17) is 4.52 Å². The topological polar surface area (TPSA) is 98.7 Å². The molecule has 9 heteroatoms. The fourth-order valence-corrected chi connectivity index (χ4v) is 4.39. The zero-order valence-corrected chi connectivity index (χ0v) is 17.8. The molecule has 1 amide bonds. The maximum absolute atomic E-state index is 12.5. The number of hydrogen-bond acceptors (Lipinski definition) is 7. The summed E-state index contributed by atoms with van der Waals surface area (Å²) < 4.78 is 7.47. The highest BCUT2D eigenvalue weighted by molar-refractivity contribution is 7.13. The summed E-state index contributed by atoms with van der Waals surface area (Å²) in [5, 5.41) is 17.7. The molecule has 0 unspecified atom stereocenters. The van der Waals surface area contributed by atoms with E-state index < -0.39 is 0 Å². The SMILES string of the molecule is O=C(CCc1nc(-c2cccs2)no1)Nc1cccc(-c2nnc3n2CCCCC3)c1. The second-order valence-electron chi connectivity index (χ2n) is 7.52. The van der Waals surface area contributed by atoms with E-state index in [1.54, 1.807) is 11.3 Å². The van der Waals surface area contributed by atoms with Gasteiger partial charge in [0.1, 0.15) is 5.82 Å². The van der Waals surface area contributed by atoms with Gasteiger partial charge in [-0.1, -0.05) is 29.8 Å². The predicted molar refractivity (Wildman–Crippen MR) is 118 cm³/mol. The molecule has 8 nitrogen and oxygen atoms in total. The van der Waals surface area contributed by atoms with Crippen molar-refractivity contribution in [3.05, 3.63) is 53.5 Å². The number of fused-ring (bicyclic) bond motifs is 1. The van der Waals surface area contributed by atoms with Gasteiger partial charge in [0.2, 0.25) is 17.6 Å². The standard InChI is InChI=1S/C22H22N6O2S/c29-19(10-11-20-24-21(27-30-20)17-8-5-13-31-17)23-16-7-4-6-15(14-16)22-26-25-18-9-2-1-3-12-28(18)22/h4-8,13-14H,1-3,9-12H2,(H,23,29). The van der Waals surface area contributed by atoms with Gasteiger partial charge in [-0.15, -0.1) is 21.5 Å². The quantitative estimate of drug-likeness (QED) is 0.484. The molecule has 0 atom stereocenters. The highest BCUT2D eigenvalue weighted by Crippen LogP contribution is 2.25. The maximum Gasteiger partial charge on any atom is 0.227 e. The van der Waals surface area contributed by atoms with Gasteiger partial charge >= 0.3 is 0 Å². The third-order valence-electron chi connectivity index (χ3n) is 5.29. The molecule has 0 saturated carbocycles. The molecule has 31 heavy (non-hydrogen) atoms. The first-order valence-corrected chi connectivity index (χ1v) is 11.3. The number of thiophene rings is 1. The molecule has 0 spiro atoms. The monoisotopic (exact) mass is 434 g/mol. The largest absolute Gasteiger partial charge is 0.339 e. The molecule has 3 aromatic heterocycles. The summed E-state index contributed by atoms with van der Waals surface area (Å²) in [6.07, 6.45) is 5.13. The summed E-state index contributed by atoms with van der Waals surface area (Å²) in [7, 11) is 0. The van der Waals surface area contributed by atoms with Crippen molar-refractivity contribution >= 4 is 22.9 Å². The van der Waals surface area contributed by atoms with Gasteiger partial charge in [-0.25, -0.2) is 0 Å². The van der Waals surface area contributed by atoms with Crippen LogP contribution in [0.1, 0.15) is 37.4 Å². The highest BCUT2D eigenvalue weighted by Gasteiger charge is 2.17.